The van der Waals surface area contributed by atoms with E-state index in [9.17, 15) is 4.79 Å². The third kappa shape index (κ3) is 2.18. The Bertz CT molecular complexity index is 381. The molecule has 0 saturated heterocycles. The van der Waals surface area contributed by atoms with E-state index in [4.69, 9.17) is 5.11 Å². The summed E-state index contributed by atoms with van der Waals surface area (Å²) < 4.78 is 0. The standard InChI is InChI=1S/C11H17N3O2/c1-7-9(11(15)16)10(14-13-7)12-6-8-4-2-3-5-8/h8H,2-6H2,1H3,(H,15,16)(H2,12,13,14). The molecule has 0 unspecified atom stereocenters. The van der Waals surface area contributed by atoms with Gasteiger partial charge in [0, 0.05) is 12.2 Å². The van der Waals surface area contributed by atoms with E-state index in [1.807, 2.05) is 0 Å². The molecule has 0 amide bonds. The summed E-state index contributed by atoms with van der Waals surface area (Å²) in [5.41, 5.74) is 0.861. The number of carboxylic acids is 1. The van der Waals surface area contributed by atoms with E-state index in [0.717, 1.165) is 6.54 Å². The van der Waals surface area contributed by atoms with Crippen LogP contribution in [0.5, 0.6) is 0 Å². The van der Waals surface area contributed by atoms with Gasteiger partial charge in [0.2, 0.25) is 0 Å². The number of nitrogens with one attached hydrogen (secondary N) is 2. The van der Waals surface area contributed by atoms with Gasteiger partial charge in [0.15, 0.2) is 5.82 Å². The number of aryl methyl sites for hydroxylation is 1. The molecule has 1 saturated carbocycles. The SMILES string of the molecule is Cc1[nH]nc(NCC2CCCC2)c1C(=O)O. The van der Waals surface area contributed by atoms with Gasteiger partial charge < -0.3 is 10.4 Å². The van der Waals surface area contributed by atoms with Crippen LogP contribution in [0.25, 0.3) is 0 Å². The number of aromatic carboxylic acids is 1. The predicted molar refractivity (Wildman–Crippen MR) is 60.7 cm³/mol. The van der Waals surface area contributed by atoms with Crippen molar-refractivity contribution >= 4 is 11.8 Å². The third-order valence-corrected chi connectivity index (χ3v) is 3.19. The first-order valence-corrected chi connectivity index (χ1v) is 5.70. The molecule has 1 fully saturated rings. The fourth-order valence-electron chi connectivity index (χ4n) is 2.27. The second kappa shape index (κ2) is 4.55. The van der Waals surface area contributed by atoms with Gasteiger partial charge in [0.1, 0.15) is 5.56 Å². The highest BCUT2D eigenvalue weighted by molar-refractivity contribution is 5.94. The van der Waals surface area contributed by atoms with Gasteiger partial charge in [-0.2, -0.15) is 5.10 Å². The highest BCUT2D eigenvalue weighted by Crippen LogP contribution is 2.25. The molecule has 0 spiro atoms. The van der Waals surface area contributed by atoms with Crippen molar-refractivity contribution in [1.82, 2.24) is 10.2 Å². The first-order chi connectivity index (χ1) is 7.68. The second-order valence-electron chi connectivity index (χ2n) is 4.41. The molecule has 0 radical (unpaired) electrons. The number of hydrogen-bond donors (Lipinski definition) is 3. The Morgan fingerprint density at radius 1 is 1.56 bits per heavy atom. The van der Waals surface area contributed by atoms with Gasteiger partial charge in [-0.1, -0.05) is 12.8 Å². The molecule has 3 N–H and O–H groups in total. The lowest BCUT2D eigenvalue weighted by Gasteiger charge is -2.10. The number of aromatic amines is 1. The average Bonchev–Trinajstić information content (AvgIpc) is 2.83. The van der Waals surface area contributed by atoms with E-state index < -0.39 is 5.97 Å². The van der Waals surface area contributed by atoms with Gasteiger partial charge in [-0.25, -0.2) is 4.79 Å². The van der Waals surface area contributed by atoms with Gasteiger partial charge in [-0.15, -0.1) is 0 Å². The molecule has 88 valence electrons. The van der Waals surface area contributed by atoms with E-state index in [-0.39, 0.29) is 5.56 Å². The summed E-state index contributed by atoms with van der Waals surface area (Å²) in [7, 11) is 0. The minimum absolute atomic E-state index is 0.262. The number of H-pyrrole nitrogens is 1. The molecular formula is C11H17N3O2. The summed E-state index contributed by atoms with van der Waals surface area (Å²) >= 11 is 0. The first kappa shape index (κ1) is 11.0. The van der Waals surface area contributed by atoms with Gasteiger partial charge in [-0.05, 0) is 25.7 Å². The zero-order chi connectivity index (χ0) is 11.5. The number of carboxylic acid groups (broad SMARTS) is 1. The smallest absolute Gasteiger partial charge is 0.341 e. The lowest BCUT2D eigenvalue weighted by molar-refractivity contribution is 0.0697. The van der Waals surface area contributed by atoms with Crippen LogP contribution in [0.4, 0.5) is 5.82 Å². The van der Waals surface area contributed by atoms with Crippen molar-refractivity contribution in [2.45, 2.75) is 32.6 Å². The van der Waals surface area contributed by atoms with Crippen LogP contribution < -0.4 is 5.32 Å². The van der Waals surface area contributed by atoms with E-state index in [1.54, 1.807) is 6.92 Å². The van der Waals surface area contributed by atoms with Crippen LogP contribution in [-0.4, -0.2) is 27.8 Å². The van der Waals surface area contributed by atoms with Crippen molar-refractivity contribution in [3.05, 3.63) is 11.3 Å². The van der Waals surface area contributed by atoms with E-state index in [2.05, 4.69) is 15.5 Å². The van der Waals surface area contributed by atoms with Crippen molar-refractivity contribution in [2.75, 3.05) is 11.9 Å². The molecule has 1 aliphatic carbocycles. The number of nitrogens with zero attached hydrogens (tertiary/aromatic N) is 1. The van der Waals surface area contributed by atoms with Crippen molar-refractivity contribution in [2.24, 2.45) is 5.92 Å². The van der Waals surface area contributed by atoms with Crippen molar-refractivity contribution in [3.8, 4) is 0 Å². The molecule has 16 heavy (non-hydrogen) atoms. The van der Waals surface area contributed by atoms with Gasteiger partial charge in [0.25, 0.3) is 0 Å². The van der Waals surface area contributed by atoms with Crippen molar-refractivity contribution in [1.29, 1.82) is 0 Å². The van der Waals surface area contributed by atoms with Crippen molar-refractivity contribution in [3.63, 3.8) is 0 Å². The molecule has 1 aliphatic rings. The Morgan fingerprint density at radius 3 is 2.88 bits per heavy atom. The fourth-order valence-corrected chi connectivity index (χ4v) is 2.27. The molecule has 0 bridgehead atoms. The van der Waals surface area contributed by atoms with Gasteiger partial charge in [-0.3, -0.25) is 5.10 Å². The number of rotatable bonds is 4. The molecule has 5 nitrogen and oxygen atoms in total. The van der Waals surface area contributed by atoms with Crippen LogP contribution in [0.3, 0.4) is 0 Å². The molecular weight excluding hydrogens is 206 g/mol. The third-order valence-electron chi connectivity index (χ3n) is 3.19. The Hall–Kier alpha value is -1.52. The zero-order valence-electron chi connectivity index (χ0n) is 9.42. The highest BCUT2D eigenvalue weighted by Gasteiger charge is 2.19. The number of anilines is 1. The van der Waals surface area contributed by atoms with Crippen LogP contribution in [0.15, 0.2) is 0 Å². The Balaban J connectivity index is 2.00. The summed E-state index contributed by atoms with van der Waals surface area (Å²) in [6, 6.07) is 0. The summed E-state index contributed by atoms with van der Waals surface area (Å²) in [6.45, 7) is 2.54. The topological polar surface area (TPSA) is 78.0 Å². The molecule has 1 heterocycles. The minimum Gasteiger partial charge on any atom is -0.477 e. The van der Waals surface area contributed by atoms with Crippen LogP contribution in [0.2, 0.25) is 0 Å². The summed E-state index contributed by atoms with van der Waals surface area (Å²) in [5.74, 6) is 0.204. The Kier molecular flexibility index (Phi) is 3.12. The lowest BCUT2D eigenvalue weighted by Crippen LogP contribution is -2.13. The largest absolute Gasteiger partial charge is 0.477 e. The maximum Gasteiger partial charge on any atom is 0.341 e. The molecule has 1 aromatic heterocycles. The number of aromatic nitrogens is 2. The number of hydrogen-bond acceptors (Lipinski definition) is 3. The van der Waals surface area contributed by atoms with E-state index in [1.165, 1.54) is 25.7 Å². The quantitative estimate of drug-likeness (QED) is 0.729. The van der Waals surface area contributed by atoms with E-state index >= 15 is 0 Å². The zero-order valence-corrected chi connectivity index (χ0v) is 9.42. The maximum atomic E-state index is 11.0. The van der Waals surface area contributed by atoms with Crippen LogP contribution in [0.1, 0.15) is 41.7 Å². The second-order valence-corrected chi connectivity index (χ2v) is 4.41. The van der Waals surface area contributed by atoms with Crippen LogP contribution in [0, 0.1) is 12.8 Å². The predicted octanol–water partition coefficient (Wildman–Crippen LogP) is 2.02. The molecule has 2 rings (SSSR count). The Morgan fingerprint density at radius 2 is 2.25 bits per heavy atom. The van der Waals surface area contributed by atoms with Crippen molar-refractivity contribution < 1.29 is 9.90 Å². The first-order valence-electron chi connectivity index (χ1n) is 5.70. The summed E-state index contributed by atoms with van der Waals surface area (Å²) in [4.78, 5) is 11.0. The lowest BCUT2D eigenvalue weighted by atomic mass is 10.1. The Labute approximate surface area is 94.2 Å². The maximum absolute atomic E-state index is 11.0. The summed E-state index contributed by atoms with van der Waals surface area (Å²) in [5, 5.41) is 18.8. The average molecular weight is 223 g/mol. The molecule has 5 heteroatoms. The number of carbonyl (C=O) groups is 1. The molecule has 0 atom stereocenters. The normalized spacial score (nSPS) is 16.6. The molecule has 0 aliphatic heterocycles. The van der Waals surface area contributed by atoms with Crippen LogP contribution >= 0.6 is 0 Å². The van der Waals surface area contributed by atoms with E-state index in [0.29, 0.717) is 17.4 Å². The van der Waals surface area contributed by atoms with Gasteiger partial charge in [0.05, 0.1) is 0 Å². The molecule has 0 aromatic carbocycles. The fraction of sp³-hybridized carbons (Fsp3) is 0.636. The monoisotopic (exact) mass is 223 g/mol. The summed E-state index contributed by atoms with van der Waals surface area (Å²) in [6.07, 6.45) is 5.05. The molecule has 1 aromatic rings. The van der Waals surface area contributed by atoms with Crippen LogP contribution in [-0.2, 0) is 0 Å². The minimum atomic E-state index is -0.930. The highest BCUT2D eigenvalue weighted by atomic mass is 16.4. The van der Waals surface area contributed by atoms with Gasteiger partial charge >= 0.3 is 5.97 Å².